The molecule has 0 spiro atoms. The van der Waals surface area contributed by atoms with E-state index < -0.39 is 32.5 Å². The van der Waals surface area contributed by atoms with E-state index in [1.165, 1.54) is 25.7 Å². The first-order chi connectivity index (χ1) is 34.0. The number of likely N-dealkylation sites (N-methyl/N-ethyl adjacent to an activating group) is 1. The Hall–Kier alpha value is -3.85. The van der Waals surface area contributed by atoms with Crippen molar-refractivity contribution in [1.82, 2.24) is 0 Å². The lowest BCUT2D eigenvalue weighted by Crippen LogP contribution is -2.37. The van der Waals surface area contributed by atoms with E-state index in [1.54, 1.807) is 0 Å². The van der Waals surface area contributed by atoms with Crippen LogP contribution in [0.1, 0.15) is 181 Å². The third-order valence-electron chi connectivity index (χ3n) is 10.7. The summed E-state index contributed by atoms with van der Waals surface area (Å²) in [7, 11) is 1.43. The minimum absolute atomic E-state index is 0.0160. The van der Waals surface area contributed by atoms with E-state index >= 15 is 0 Å². The third-order valence-corrected chi connectivity index (χ3v) is 11.7. The summed E-state index contributed by atoms with van der Waals surface area (Å²) in [6.45, 7) is 4.13. The Bertz CT molecular complexity index is 1640. The number of carbonyl (C=O) groups excluding carboxylic acids is 2. The molecule has 0 radical (unpaired) electrons. The molecular weight excluding hydrogens is 894 g/mol. The van der Waals surface area contributed by atoms with Gasteiger partial charge in [0.15, 0.2) is 6.10 Å². The molecule has 0 heterocycles. The van der Waals surface area contributed by atoms with Crippen LogP contribution in [0.5, 0.6) is 0 Å². The first kappa shape index (κ1) is 66.2. The Kier molecular flexibility index (Phi) is 47.3. The molecular formula is C60H99NO8P+. The van der Waals surface area contributed by atoms with Gasteiger partial charge in [0.25, 0.3) is 0 Å². The highest BCUT2D eigenvalue weighted by Crippen LogP contribution is 2.43. The molecule has 0 aromatic rings. The first-order valence-corrected chi connectivity index (χ1v) is 28.4. The quantitative estimate of drug-likeness (QED) is 0.0211. The van der Waals surface area contributed by atoms with Crippen LogP contribution < -0.4 is 0 Å². The average Bonchev–Trinajstić information content (AvgIpc) is 3.32. The van der Waals surface area contributed by atoms with Crippen molar-refractivity contribution in [3.05, 3.63) is 134 Å². The lowest BCUT2D eigenvalue weighted by molar-refractivity contribution is -0.870. The van der Waals surface area contributed by atoms with Crippen LogP contribution in [0.2, 0.25) is 0 Å². The van der Waals surface area contributed by atoms with Crippen LogP contribution in [0.3, 0.4) is 0 Å². The number of hydrogen-bond acceptors (Lipinski definition) is 7. The third kappa shape index (κ3) is 53.5. The summed E-state index contributed by atoms with van der Waals surface area (Å²) < 4.78 is 34.5. The normalized spacial score (nSPS) is 14.4. The molecule has 0 fully saturated rings. The second kappa shape index (κ2) is 50.1. The molecule has 10 heteroatoms. The van der Waals surface area contributed by atoms with Crippen molar-refractivity contribution >= 4 is 19.8 Å². The van der Waals surface area contributed by atoms with Crippen LogP contribution in [-0.4, -0.2) is 74.9 Å². The molecule has 0 aliphatic heterocycles. The Balaban J connectivity index is 4.32. The Morgan fingerprint density at radius 3 is 1.16 bits per heavy atom. The number of quaternary nitrogens is 1. The molecule has 0 amide bonds. The number of unbranched alkanes of at least 4 members (excludes halogenated alkanes) is 11. The molecule has 0 bridgehead atoms. The van der Waals surface area contributed by atoms with Crippen molar-refractivity contribution in [2.24, 2.45) is 0 Å². The molecule has 0 aliphatic carbocycles. The summed E-state index contributed by atoms with van der Waals surface area (Å²) in [4.78, 5) is 35.6. The maximum absolute atomic E-state index is 12.8. The smallest absolute Gasteiger partial charge is 0.462 e. The second-order valence-electron chi connectivity index (χ2n) is 18.5. The van der Waals surface area contributed by atoms with Crippen LogP contribution >= 0.6 is 7.82 Å². The fourth-order valence-electron chi connectivity index (χ4n) is 6.57. The zero-order valence-corrected chi connectivity index (χ0v) is 45.6. The molecule has 2 unspecified atom stereocenters. The average molecular weight is 993 g/mol. The summed E-state index contributed by atoms with van der Waals surface area (Å²) in [5.74, 6) is -0.858. The standard InChI is InChI=1S/C60H98NO8P/c1-6-8-10-12-14-16-18-20-22-24-26-27-28-29-30-31-32-33-35-37-39-41-43-45-47-49-51-53-60(63)69-58(57-68-70(64,65)67-55-54-61(3,4)5)56-66-59(62)52-50-48-46-44-42-40-38-36-34-25-23-21-19-17-15-13-11-9-7-2/h8-11,14-17,20-23,26-27,29-30,32-34,36,40,42,58H,6-7,12-13,18-19,24-25,28,31,35,37-39,41,43-57H2,1-5H3/p+1/b10-8-,11-9-,16-14-,17-15-,22-20-,23-21-,27-26-,30-29-,33-32-,36-34-,42-40-. The zero-order chi connectivity index (χ0) is 51.3. The largest absolute Gasteiger partial charge is 0.472 e. The van der Waals surface area contributed by atoms with E-state index in [4.69, 9.17) is 18.5 Å². The highest BCUT2D eigenvalue weighted by atomic mass is 31.2. The van der Waals surface area contributed by atoms with Gasteiger partial charge in [-0.25, -0.2) is 4.57 Å². The molecule has 0 aliphatic rings. The molecule has 0 saturated heterocycles. The number of ether oxygens (including phenoxy) is 2. The number of hydrogen-bond donors (Lipinski definition) is 1. The predicted octanol–water partition coefficient (Wildman–Crippen LogP) is 16.6. The lowest BCUT2D eigenvalue weighted by Gasteiger charge is -2.24. The van der Waals surface area contributed by atoms with Crippen LogP contribution in [0.15, 0.2) is 134 Å². The summed E-state index contributed by atoms with van der Waals surface area (Å²) in [6.07, 6.45) is 72.2. The molecule has 2 atom stereocenters. The molecule has 70 heavy (non-hydrogen) atoms. The van der Waals surface area contributed by atoms with Gasteiger partial charge in [-0.05, 0) is 109 Å². The van der Waals surface area contributed by atoms with E-state index in [2.05, 4.69) is 148 Å². The van der Waals surface area contributed by atoms with E-state index in [-0.39, 0.29) is 26.1 Å². The van der Waals surface area contributed by atoms with Gasteiger partial charge in [-0.3, -0.25) is 18.6 Å². The summed E-state index contributed by atoms with van der Waals surface area (Å²) in [5.41, 5.74) is 0. The maximum Gasteiger partial charge on any atom is 0.472 e. The van der Waals surface area contributed by atoms with E-state index in [0.717, 1.165) is 116 Å². The summed E-state index contributed by atoms with van der Waals surface area (Å²) in [6, 6.07) is 0. The van der Waals surface area contributed by atoms with Gasteiger partial charge in [0.05, 0.1) is 27.7 Å². The van der Waals surface area contributed by atoms with Crippen molar-refractivity contribution in [3.8, 4) is 0 Å². The lowest BCUT2D eigenvalue weighted by atomic mass is 10.1. The van der Waals surface area contributed by atoms with Gasteiger partial charge in [-0.2, -0.15) is 0 Å². The van der Waals surface area contributed by atoms with Gasteiger partial charge in [0.2, 0.25) is 0 Å². The highest BCUT2D eigenvalue weighted by molar-refractivity contribution is 7.47. The number of rotatable bonds is 47. The molecule has 0 saturated carbocycles. The van der Waals surface area contributed by atoms with Crippen molar-refractivity contribution in [2.45, 2.75) is 187 Å². The Morgan fingerprint density at radius 1 is 0.443 bits per heavy atom. The van der Waals surface area contributed by atoms with E-state index in [9.17, 15) is 19.0 Å². The molecule has 396 valence electrons. The van der Waals surface area contributed by atoms with Crippen LogP contribution in [0.4, 0.5) is 0 Å². The van der Waals surface area contributed by atoms with Gasteiger partial charge >= 0.3 is 19.8 Å². The molecule has 0 aromatic carbocycles. The minimum Gasteiger partial charge on any atom is -0.462 e. The highest BCUT2D eigenvalue weighted by Gasteiger charge is 2.27. The Morgan fingerprint density at radius 2 is 0.771 bits per heavy atom. The van der Waals surface area contributed by atoms with Crippen molar-refractivity contribution < 1.29 is 42.1 Å². The van der Waals surface area contributed by atoms with E-state index in [0.29, 0.717) is 23.9 Å². The molecule has 9 nitrogen and oxygen atoms in total. The van der Waals surface area contributed by atoms with Crippen LogP contribution in [0, 0.1) is 0 Å². The fraction of sp³-hybridized carbons (Fsp3) is 0.600. The summed E-state index contributed by atoms with van der Waals surface area (Å²) in [5, 5.41) is 0. The molecule has 0 aromatic heterocycles. The molecule has 0 rings (SSSR count). The molecule has 1 N–H and O–H groups in total. The number of allylic oxidation sites excluding steroid dienone is 22. The van der Waals surface area contributed by atoms with Crippen molar-refractivity contribution in [3.63, 3.8) is 0 Å². The number of carbonyl (C=O) groups is 2. The number of nitrogens with zero attached hydrogens (tertiary/aromatic N) is 1. The fourth-order valence-corrected chi connectivity index (χ4v) is 7.31. The monoisotopic (exact) mass is 993 g/mol. The maximum atomic E-state index is 12.8. The van der Waals surface area contributed by atoms with Crippen molar-refractivity contribution in [2.75, 3.05) is 47.5 Å². The SMILES string of the molecule is CC/C=C\C/C=C\C/C=C\C/C=C\C/C=C\C/C=C\CCCCCCCCCCC(=O)OC(COC(=O)CCCCC/C=C\C/C=C\C/C=C\C/C=C\C/C=C\CC)COP(=O)(O)OCC[N+](C)(C)C. The topological polar surface area (TPSA) is 108 Å². The first-order valence-electron chi connectivity index (χ1n) is 26.9. The van der Waals surface area contributed by atoms with Crippen LogP contribution in [-0.2, 0) is 32.7 Å². The number of esters is 2. The van der Waals surface area contributed by atoms with Gasteiger partial charge in [0, 0.05) is 12.8 Å². The number of phosphoric ester groups is 1. The van der Waals surface area contributed by atoms with Crippen LogP contribution in [0.25, 0.3) is 0 Å². The number of phosphoric acid groups is 1. The second-order valence-corrected chi connectivity index (χ2v) is 19.9. The van der Waals surface area contributed by atoms with Gasteiger partial charge < -0.3 is 18.9 Å². The summed E-state index contributed by atoms with van der Waals surface area (Å²) >= 11 is 0. The Labute approximate surface area is 428 Å². The predicted molar refractivity (Wildman–Crippen MR) is 297 cm³/mol. The van der Waals surface area contributed by atoms with Gasteiger partial charge in [-0.1, -0.05) is 192 Å². The van der Waals surface area contributed by atoms with Gasteiger partial charge in [0.1, 0.15) is 19.8 Å². The van der Waals surface area contributed by atoms with E-state index in [1.807, 2.05) is 21.1 Å². The van der Waals surface area contributed by atoms with Crippen molar-refractivity contribution in [1.29, 1.82) is 0 Å². The van der Waals surface area contributed by atoms with Gasteiger partial charge in [-0.15, -0.1) is 0 Å². The zero-order valence-electron chi connectivity index (χ0n) is 44.7. The minimum atomic E-state index is -4.40.